The second-order valence-electron chi connectivity index (χ2n) is 6.80. The van der Waals surface area contributed by atoms with E-state index in [-0.39, 0.29) is 11.2 Å². The Balaban J connectivity index is 2.03. The molecular weight excluding hydrogens is 312 g/mol. The lowest BCUT2D eigenvalue weighted by Gasteiger charge is -2.14. The lowest BCUT2D eigenvalue weighted by Crippen LogP contribution is -2.13. The number of hydrogen-bond acceptors (Lipinski definition) is 3. The molecule has 2 heterocycles. The van der Waals surface area contributed by atoms with Gasteiger partial charge in [0.15, 0.2) is 11.5 Å². The van der Waals surface area contributed by atoms with Crippen molar-refractivity contribution in [2.45, 2.75) is 39.5 Å². The fourth-order valence-corrected chi connectivity index (χ4v) is 2.97. The first-order valence-corrected chi connectivity index (χ1v) is 7.87. The third kappa shape index (κ3) is 3.01. The van der Waals surface area contributed by atoms with Crippen LogP contribution in [0.15, 0.2) is 24.3 Å². The number of halogens is 1. The van der Waals surface area contributed by atoms with E-state index in [1.54, 1.807) is 6.92 Å². The Kier molecular flexibility index (Phi) is 3.76. The van der Waals surface area contributed by atoms with Gasteiger partial charge in [-0.05, 0) is 18.6 Å². The number of rotatable bonds is 3. The molecule has 0 unspecified atom stereocenters. The van der Waals surface area contributed by atoms with E-state index in [4.69, 9.17) is 11.6 Å². The molecule has 0 saturated carbocycles. The van der Waals surface area contributed by atoms with E-state index in [2.05, 4.69) is 36.0 Å². The van der Waals surface area contributed by atoms with Gasteiger partial charge in [-0.1, -0.05) is 50.6 Å². The number of aromatic amines is 1. The number of hydrogen-bond donors (Lipinski definition) is 1. The highest BCUT2D eigenvalue weighted by molar-refractivity contribution is 6.34. The summed E-state index contributed by atoms with van der Waals surface area (Å²) in [5, 5.41) is 9.56. The number of aromatic nitrogens is 4. The molecule has 0 aliphatic heterocycles. The second kappa shape index (κ2) is 5.49. The molecular formula is C17H19ClN4O. The van der Waals surface area contributed by atoms with Crippen molar-refractivity contribution in [3.63, 3.8) is 0 Å². The number of nitrogens with one attached hydrogen (secondary N) is 1. The summed E-state index contributed by atoms with van der Waals surface area (Å²) in [6, 6.07) is 7.75. The van der Waals surface area contributed by atoms with Gasteiger partial charge in [0.25, 0.3) is 0 Å². The highest BCUT2D eigenvalue weighted by Gasteiger charge is 2.25. The summed E-state index contributed by atoms with van der Waals surface area (Å²) in [6.07, 6.45) is 0.417. The fourth-order valence-electron chi connectivity index (χ4n) is 2.52. The topological polar surface area (TPSA) is 63.1 Å². The van der Waals surface area contributed by atoms with Crippen LogP contribution in [0.5, 0.6) is 0 Å². The lowest BCUT2D eigenvalue weighted by atomic mass is 9.92. The molecule has 0 atom stereocenters. The zero-order valence-electron chi connectivity index (χ0n) is 13.6. The number of fused-ring (bicyclic) bond motifs is 1. The van der Waals surface area contributed by atoms with Crippen LogP contribution in [0.4, 0.5) is 0 Å². The van der Waals surface area contributed by atoms with Crippen LogP contribution < -0.4 is 0 Å². The molecule has 1 N–H and O–H groups in total. The maximum Gasteiger partial charge on any atom is 0.175 e. The average molecular weight is 331 g/mol. The van der Waals surface area contributed by atoms with E-state index in [1.165, 1.54) is 4.63 Å². The van der Waals surface area contributed by atoms with E-state index in [0.29, 0.717) is 22.9 Å². The van der Waals surface area contributed by atoms with Gasteiger partial charge in [-0.15, -0.1) is 9.73 Å². The highest BCUT2D eigenvalue weighted by atomic mass is 35.5. The van der Waals surface area contributed by atoms with Crippen molar-refractivity contribution in [2.75, 3.05) is 0 Å². The standard InChI is InChI=1S/C17H19ClN4O/c1-10(23)8-11-6-5-7-12(9-11)15-19-16-13(18)14(17(2,3)4)20-22(16)21-15/h5-7,9H,8H2,1-4H3,(H,19,21). The summed E-state index contributed by atoms with van der Waals surface area (Å²) in [7, 11) is 0. The van der Waals surface area contributed by atoms with Crippen LogP contribution in [0.25, 0.3) is 17.0 Å². The molecule has 0 amide bonds. The first-order valence-electron chi connectivity index (χ1n) is 7.49. The van der Waals surface area contributed by atoms with Gasteiger partial charge in [0.2, 0.25) is 0 Å². The Morgan fingerprint density at radius 1 is 1.30 bits per heavy atom. The number of nitrogens with zero attached hydrogens (tertiary/aromatic N) is 3. The molecule has 0 aliphatic carbocycles. The fraction of sp³-hybridized carbons (Fsp3) is 0.353. The van der Waals surface area contributed by atoms with Crippen LogP contribution in [-0.2, 0) is 16.6 Å². The maximum absolute atomic E-state index is 11.3. The Labute approximate surface area is 139 Å². The summed E-state index contributed by atoms with van der Waals surface area (Å²) in [5.41, 5.74) is 3.22. The number of H-pyrrole nitrogens is 1. The Morgan fingerprint density at radius 3 is 2.65 bits per heavy atom. The zero-order chi connectivity index (χ0) is 16.8. The maximum atomic E-state index is 11.3. The molecule has 0 aliphatic rings. The van der Waals surface area contributed by atoms with E-state index < -0.39 is 0 Å². The third-order valence-corrected chi connectivity index (χ3v) is 3.96. The minimum atomic E-state index is -0.146. The highest BCUT2D eigenvalue weighted by Crippen LogP contribution is 2.31. The first kappa shape index (κ1) is 15.7. The zero-order valence-corrected chi connectivity index (χ0v) is 14.4. The molecule has 0 saturated heterocycles. The summed E-state index contributed by atoms with van der Waals surface area (Å²) in [6.45, 7) is 7.77. The molecule has 0 spiro atoms. The average Bonchev–Trinajstić information content (AvgIpc) is 2.98. The van der Waals surface area contributed by atoms with Crippen LogP contribution in [0.3, 0.4) is 0 Å². The molecule has 6 heteroatoms. The number of Topliss-reactive ketones (excluding diaryl/α,β-unsaturated/α-hetero) is 1. The van der Waals surface area contributed by atoms with Crippen molar-refractivity contribution < 1.29 is 4.79 Å². The number of carbonyl (C=O) groups is 1. The minimum absolute atomic E-state index is 0.134. The Bertz CT molecular complexity index is 886. The summed E-state index contributed by atoms with van der Waals surface area (Å²) in [5.74, 6) is 0.814. The van der Waals surface area contributed by atoms with Crippen LogP contribution in [-0.4, -0.2) is 25.6 Å². The molecule has 23 heavy (non-hydrogen) atoms. The van der Waals surface area contributed by atoms with Gasteiger partial charge in [-0.25, -0.2) is 0 Å². The monoisotopic (exact) mass is 330 g/mol. The SMILES string of the molecule is CC(=O)Cc1cccc(-c2nn3nc(C(C)(C)C)c(Cl)c3[nH]2)c1. The second-order valence-corrected chi connectivity index (χ2v) is 7.18. The molecule has 120 valence electrons. The minimum Gasteiger partial charge on any atom is -0.320 e. The van der Waals surface area contributed by atoms with E-state index >= 15 is 0 Å². The van der Waals surface area contributed by atoms with Crippen LogP contribution >= 0.6 is 11.6 Å². The summed E-state index contributed by atoms with van der Waals surface area (Å²) >= 11 is 6.44. The van der Waals surface area contributed by atoms with Gasteiger partial charge in [0, 0.05) is 17.4 Å². The van der Waals surface area contributed by atoms with E-state index in [9.17, 15) is 4.79 Å². The summed E-state index contributed by atoms with van der Waals surface area (Å²) < 4.78 is 1.54. The van der Waals surface area contributed by atoms with E-state index in [0.717, 1.165) is 16.8 Å². The van der Waals surface area contributed by atoms with Gasteiger partial charge in [0.05, 0.1) is 5.69 Å². The van der Waals surface area contributed by atoms with Crippen molar-refractivity contribution in [1.82, 2.24) is 19.8 Å². The van der Waals surface area contributed by atoms with Gasteiger partial charge >= 0.3 is 0 Å². The Hall–Kier alpha value is -2.14. The van der Waals surface area contributed by atoms with Crippen molar-refractivity contribution in [1.29, 1.82) is 0 Å². The predicted octanol–water partition coefficient (Wildman–Crippen LogP) is 3.81. The largest absolute Gasteiger partial charge is 0.320 e. The van der Waals surface area contributed by atoms with Gasteiger partial charge in [-0.3, -0.25) is 4.79 Å². The number of carbonyl (C=O) groups excluding carboxylic acids is 1. The van der Waals surface area contributed by atoms with Crippen LogP contribution in [0.1, 0.15) is 39.0 Å². The van der Waals surface area contributed by atoms with Gasteiger partial charge in [0.1, 0.15) is 10.8 Å². The molecule has 0 radical (unpaired) electrons. The van der Waals surface area contributed by atoms with Crippen LogP contribution in [0.2, 0.25) is 5.02 Å². The molecule has 3 aromatic rings. The molecule has 5 nitrogen and oxygen atoms in total. The molecule has 0 fully saturated rings. The molecule has 0 bridgehead atoms. The van der Waals surface area contributed by atoms with Gasteiger partial charge in [-0.2, -0.15) is 5.10 Å². The van der Waals surface area contributed by atoms with Crippen LogP contribution in [0, 0.1) is 0 Å². The Morgan fingerprint density at radius 2 is 2.04 bits per heavy atom. The normalized spacial score (nSPS) is 12.0. The van der Waals surface area contributed by atoms with Crippen molar-refractivity contribution in [3.05, 3.63) is 40.5 Å². The smallest absolute Gasteiger partial charge is 0.175 e. The van der Waals surface area contributed by atoms with Crippen molar-refractivity contribution in [2.24, 2.45) is 0 Å². The molecule has 2 aromatic heterocycles. The molecule has 3 rings (SSSR count). The number of benzene rings is 1. The first-order chi connectivity index (χ1) is 10.8. The lowest BCUT2D eigenvalue weighted by molar-refractivity contribution is -0.116. The van der Waals surface area contributed by atoms with Gasteiger partial charge < -0.3 is 4.98 Å². The van der Waals surface area contributed by atoms with Crippen molar-refractivity contribution in [3.8, 4) is 11.4 Å². The van der Waals surface area contributed by atoms with E-state index in [1.807, 2.05) is 24.3 Å². The molecule has 1 aromatic carbocycles. The summed E-state index contributed by atoms with van der Waals surface area (Å²) in [4.78, 5) is 14.5. The third-order valence-electron chi connectivity index (χ3n) is 3.61. The quantitative estimate of drug-likeness (QED) is 0.794. The number of ketones is 1. The predicted molar refractivity (Wildman–Crippen MR) is 90.9 cm³/mol. The van der Waals surface area contributed by atoms with Crippen molar-refractivity contribution >= 4 is 23.0 Å².